The van der Waals surface area contributed by atoms with Crippen LogP contribution in [-0.4, -0.2) is 35.6 Å². The quantitative estimate of drug-likeness (QED) is 0.0831. The van der Waals surface area contributed by atoms with E-state index in [1.54, 1.807) is 0 Å². The Labute approximate surface area is 284 Å². The van der Waals surface area contributed by atoms with Gasteiger partial charge in [0.15, 0.2) is 11.6 Å². The average Bonchev–Trinajstić information content (AvgIpc) is 3.01. The molecule has 0 aliphatic rings. The van der Waals surface area contributed by atoms with Gasteiger partial charge in [0.05, 0.1) is 0 Å². The van der Waals surface area contributed by atoms with E-state index in [1.165, 1.54) is 26.3 Å². The van der Waals surface area contributed by atoms with Gasteiger partial charge in [0, 0.05) is 23.6 Å². The summed E-state index contributed by atoms with van der Waals surface area (Å²) < 4.78 is 0. The van der Waals surface area contributed by atoms with Crippen LogP contribution >= 0.6 is 0 Å². The van der Waals surface area contributed by atoms with Crippen molar-refractivity contribution in [3.63, 3.8) is 0 Å². The first-order valence-corrected chi connectivity index (χ1v) is 16.2. The number of carbonyl (C=O) groups excluding carboxylic acids is 4. The van der Waals surface area contributed by atoms with E-state index in [2.05, 4.69) is 0 Å². The summed E-state index contributed by atoms with van der Waals surface area (Å²) in [7, 11) is 0. The maximum atomic E-state index is 13.9. The van der Waals surface area contributed by atoms with E-state index in [-0.39, 0.29) is 23.1 Å². The number of ketones is 4. The van der Waals surface area contributed by atoms with Gasteiger partial charge in [-0.2, -0.15) is 0 Å². The first kappa shape index (κ1) is 35.7. The van der Waals surface area contributed by atoms with Crippen LogP contribution in [0.25, 0.3) is 0 Å². The predicted octanol–water partition coefficient (Wildman–Crippen LogP) is 8.64. The number of aliphatic imine (C=N–C) groups is 2. The Morgan fingerprint density at radius 1 is 0.500 bits per heavy atom. The molecule has 2 unspecified atom stereocenters. The number of rotatable bonds is 13. The van der Waals surface area contributed by atoms with Crippen molar-refractivity contribution in [2.24, 2.45) is 21.8 Å². The fourth-order valence-corrected chi connectivity index (χ4v) is 6.52. The molecule has 246 valence electrons. The van der Waals surface area contributed by atoms with Gasteiger partial charge in [-0.1, -0.05) is 96.1 Å². The molecule has 0 saturated carbocycles. The van der Waals surface area contributed by atoms with Crippen LogP contribution in [0, 0.1) is 53.4 Å². The SMILES string of the molecule is CC(=O)C(C=N[C@@H](c1ccccc1)[C@@H](N=CC(C(C)=O)C(=O)c1c(C)cc(C)cc1C)c1ccccc1)C(=O)c1c(C)cc(C)cc1C. The smallest absolute Gasteiger partial charge is 0.179 e. The first-order chi connectivity index (χ1) is 22.8. The summed E-state index contributed by atoms with van der Waals surface area (Å²) in [5.74, 6) is -3.45. The average molecular weight is 641 g/mol. The summed E-state index contributed by atoms with van der Waals surface area (Å²) in [5, 5.41) is 0. The van der Waals surface area contributed by atoms with Gasteiger partial charge in [-0.25, -0.2) is 0 Å². The number of benzene rings is 4. The highest BCUT2D eigenvalue weighted by atomic mass is 16.2. The molecule has 4 aromatic carbocycles. The molecule has 48 heavy (non-hydrogen) atoms. The van der Waals surface area contributed by atoms with Crippen molar-refractivity contribution in [1.29, 1.82) is 0 Å². The maximum Gasteiger partial charge on any atom is 0.179 e. The fraction of sp³-hybridized carbons (Fsp3) is 0.286. The normalized spacial score (nSPS) is 14.1. The molecule has 0 aliphatic heterocycles. The molecular formula is C42H44N2O4. The number of Topliss-reactive ketones (excluding diaryl/α,β-unsaturated/α-hetero) is 4. The Balaban J connectivity index is 1.83. The van der Waals surface area contributed by atoms with Crippen molar-refractivity contribution in [3.8, 4) is 0 Å². The van der Waals surface area contributed by atoms with Gasteiger partial charge in [-0.3, -0.25) is 29.2 Å². The van der Waals surface area contributed by atoms with E-state index in [0.717, 1.165) is 44.5 Å². The van der Waals surface area contributed by atoms with Crippen LogP contribution in [0.3, 0.4) is 0 Å². The third-order valence-corrected chi connectivity index (χ3v) is 8.66. The molecule has 6 nitrogen and oxygen atoms in total. The fourth-order valence-electron chi connectivity index (χ4n) is 6.52. The molecule has 0 aromatic heterocycles. The summed E-state index contributed by atoms with van der Waals surface area (Å²) >= 11 is 0. The number of nitrogens with zero attached hydrogens (tertiary/aromatic N) is 2. The van der Waals surface area contributed by atoms with Crippen molar-refractivity contribution >= 4 is 35.6 Å². The lowest BCUT2D eigenvalue weighted by atomic mass is 9.88. The van der Waals surface area contributed by atoms with E-state index in [1.807, 2.05) is 126 Å². The monoisotopic (exact) mass is 640 g/mol. The predicted molar refractivity (Wildman–Crippen MR) is 194 cm³/mol. The third kappa shape index (κ3) is 8.24. The molecule has 6 heteroatoms. The van der Waals surface area contributed by atoms with Crippen LogP contribution < -0.4 is 0 Å². The minimum absolute atomic E-state index is 0.307. The number of hydrogen-bond acceptors (Lipinski definition) is 6. The minimum atomic E-state index is -1.10. The molecule has 4 atom stereocenters. The van der Waals surface area contributed by atoms with E-state index in [0.29, 0.717) is 11.1 Å². The zero-order chi connectivity index (χ0) is 35.1. The molecule has 0 heterocycles. The maximum absolute atomic E-state index is 13.9. The molecule has 4 rings (SSSR count). The Bertz CT molecular complexity index is 1700. The summed E-state index contributed by atoms with van der Waals surface area (Å²) in [5.41, 5.74) is 7.95. The molecular weight excluding hydrogens is 596 g/mol. The number of carbonyl (C=O) groups is 4. The molecule has 4 aromatic rings. The van der Waals surface area contributed by atoms with E-state index in [9.17, 15) is 19.2 Å². The van der Waals surface area contributed by atoms with Crippen LogP contribution in [-0.2, 0) is 9.59 Å². The highest BCUT2D eigenvalue weighted by Gasteiger charge is 2.30. The lowest BCUT2D eigenvalue weighted by Crippen LogP contribution is -2.26. The second-order valence-corrected chi connectivity index (χ2v) is 12.8. The lowest BCUT2D eigenvalue weighted by Gasteiger charge is -2.23. The second kappa shape index (κ2) is 15.7. The Hall–Kier alpha value is -5.10. The lowest BCUT2D eigenvalue weighted by molar-refractivity contribution is -0.118. The van der Waals surface area contributed by atoms with E-state index >= 15 is 0 Å². The van der Waals surface area contributed by atoms with Crippen molar-refractivity contribution < 1.29 is 19.2 Å². The van der Waals surface area contributed by atoms with Gasteiger partial charge in [0.25, 0.3) is 0 Å². The van der Waals surface area contributed by atoms with Crippen molar-refractivity contribution in [1.82, 2.24) is 0 Å². The minimum Gasteiger partial charge on any atom is -0.299 e. The molecule has 0 aliphatic carbocycles. The van der Waals surface area contributed by atoms with Crippen LogP contribution in [0.5, 0.6) is 0 Å². The van der Waals surface area contributed by atoms with Crippen LogP contribution in [0.15, 0.2) is 94.9 Å². The standard InChI is InChI=1S/C42H44N2O4/c1-25-19-27(3)37(28(4)20-25)41(47)35(31(7)45)23-43-39(33-15-11-9-12-16-33)40(34-17-13-10-14-18-34)44-24-36(32(8)46)42(48)38-29(5)21-26(2)22-30(38)6/h9-24,35-36,39-40H,1-8H3/t35?,36?,39-,40-/m0/s1. The number of hydrogen-bond donors (Lipinski definition) is 0. The Morgan fingerprint density at radius 3 is 1.06 bits per heavy atom. The highest BCUT2D eigenvalue weighted by molar-refractivity contribution is 6.21. The van der Waals surface area contributed by atoms with Gasteiger partial charge in [0.1, 0.15) is 35.5 Å². The summed E-state index contributed by atoms with van der Waals surface area (Å²) in [4.78, 5) is 63.6. The van der Waals surface area contributed by atoms with Gasteiger partial charge >= 0.3 is 0 Å². The molecule has 0 bridgehead atoms. The van der Waals surface area contributed by atoms with E-state index < -0.39 is 23.9 Å². The highest BCUT2D eigenvalue weighted by Crippen LogP contribution is 2.36. The van der Waals surface area contributed by atoms with Crippen LogP contribution in [0.4, 0.5) is 0 Å². The zero-order valence-electron chi connectivity index (χ0n) is 29.1. The molecule has 0 spiro atoms. The summed E-state index contributed by atoms with van der Waals surface area (Å²) in [6, 6.07) is 25.4. The van der Waals surface area contributed by atoms with E-state index in [4.69, 9.17) is 9.98 Å². The van der Waals surface area contributed by atoms with Crippen molar-refractivity contribution in [2.75, 3.05) is 0 Å². The van der Waals surface area contributed by atoms with Gasteiger partial charge in [-0.15, -0.1) is 0 Å². The Kier molecular flexibility index (Phi) is 11.7. The number of aryl methyl sites for hydroxylation is 6. The van der Waals surface area contributed by atoms with Crippen molar-refractivity contribution in [3.05, 3.63) is 141 Å². The summed E-state index contributed by atoms with van der Waals surface area (Å²) in [6.07, 6.45) is 2.89. The molecule has 0 saturated heterocycles. The van der Waals surface area contributed by atoms with Crippen LogP contribution in [0.1, 0.15) is 91.2 Å². The van der Waals surface area contributed by atoms with Gasteiger partial charge < -0.3 is 0 Å². The zero-order valence-corrected chi connectivity index (χ0v) is 29.1. The first-order valence-electron chi connectivity index (χ1n) is 16.2. The molecule has 0 N–H and O–H groups in total. The largest absolute Gasteiger partial charge is 0.299 e. The van der Waals surface area contributed by atoms with Crippen LogP contribution in [0.2, 0.25) is 0 Å². The van der Waals surface area contributed by atoms with Crippen molar-refractivity contribution in [2.45, 2.75) is 67.5 Å². The molecule has 0 fully saturated rings. The molecule has 0 amide bonds. The van der Waals surface area contributed by atoms with Gasteiger partial charge in [0.2, 0.25) is 0 Å². The Morgan fingerprint density at radius 2 is 0.792 bits per heavy atom. The third-order valence-electron chi connectivity index (χ3n) is 8.66. The summed E-state index contributed by atoms with van der Waals surface area (Å²) in [6.45, 7) is 14.2. The topological polar surface area (TPSA) is 93.0 Å². The molecule has 0 radical (unpaired) electrons. The second-order valence-electron chi connectivity index (χ2n) is 12.8. The van der Waals surface area contributed by atoms with Gasteiger partial charge in [-0.05, 0) is 88.8 Å².